The Labute approximate surface area is 112 Å². The second-order valence-electron chi connectivity index (χ2n) is 4.74. The van der Waals surface area contributed by atoms with Crippen molar-refractivity contribution < 1.29 is 4.74 Å². The molecule has 1 aliphatic rings. The molecule has 0 spiro atoms. The molecule has 1 heterocycles. The molecule has 0 atom stereocenters. The third-order valence-electron chi connectivity index (χ3n) is 3.10. The molecule has 2 aromatic rings. The smallest absolute Gasteiger partial charge is 0.119 e. The van der Waals surface area contributed by atoms with Gasteiger partial charge in [0.15, 0.2) is 0 Å². The van der Waals surface area contributed by atoms with E-state index in [-0.39, 0.29) is 0 Å². The summed E-state index contributed by atoms with van der Waals surface area (Å²) in [6.45, 7) is 3.45. The number of benzene rings is 1. The number of hydrogen-bond donors (Lipinski definition) is 1. The van der Waals surface area contributed by atoms with Crippen LogP contribution in [-0.2, 0) is 6.54 Å². The molecule has 0 amide bonds. The molecule has 5 nitrogen and oxygen atoms in total. The Kier molecular flexibility index (Phi) is 3.46. The van der Waals surface area contributed by atoms with Gasteiger partial charge in [0.05, 0.1) is 24.2 Å². The van der Waals surface area contributed by atoms with E-state index in [1.165, 1.54) is 12.8 Å². The normalized spacial score (nSPS) is 14.6. The molecule has 0 aliphatic heterocycles. The van der Waals surface area contributed by atoms with Gasteiger partial charge >= 0.3 is 0 Å². The Morgan fingerprint density at radius 1 is 1.32 bits per heavy atom. The molecule has 0 saturated heterocycles. The second kappa shape index (κ2) is 5.40. The minimum absolute atomic E-state index is 0.680. The van der Waals surface area contributed by atoms with Gasteiger partial charge in [-0.15, -0.1) is 5.10 Å². The van der Waals surface area contributed by atoms with Gasteiger partial charge in [-0.2, -0.15) is 0 Å². The molecule has 0 radical (unpaired) electrons. The first kappa shape index (κ1) is 12.2. The number of aromatic nitrogens is 3. The summed E-state index contributed by atoms with van der Waals surface area (Å²) in [5.41, 5.74) is 1.97. The van der Waals surface area contributed by atoms with E-state index in [1.54, 1.807) is 4.68 Å². The summed E-state index contributed by atoms with van der Waals surface area (Å²) in [5, 5.41) is 11.7. The first-order chi connectivity index (χ1) is 9.35. The predicted octanol–water partition coefficient (Wildman–Crippen LogP) is 1.92. The summed E-state index contributed by atoms with van der Waals surface area (Å²) in [4.78, 5) is 0. The molecular formula is C14H18N4O. The average Bonchev–Trinajstić information content (AvgIpc) is 3.15. The predicted molar refractivity (Wildman–Crippen MR) is 72.4 cm³/mol. The molecule has 1 N–H and O–H groups in total. The minimum Gasteiger partial charge on any atom is -0.494 e. The fraction of sp³-hybridized carbons (Fsp3) is 0.429. The van der Waals surface area contributed by atoms with Crippen LogP contribution in [0.15, 0.2) is 30.5 Å². The van der Waals surface area contributed by atoms with Gasteiger partial charge in [-0.1, -0.05) is 5.21 Å². The van der Waals surface area contributed by atoms with Crippen LogP contribution >= 0.6 is 0 Å². The fourth-order valence-corrected chi connectivity index (χ4v) is 1.90. The number of hydrogen-bond acceptors (Lipinski definition) is 4. The zero-order chi connectivity index (χ0) is 13.1. The Bertz CT molecular complexity index is 531. The third-order valence-corrected chi connectivity index (χ3v) is 3.10. The van der Waals surface area contributed by atoms with Crippen LogP contribution in [0.3, 0.4) is 0 Å². The topological polar surface area (TPSA) is 52.0 Å². The molecule has 1 aromatic heterocycles. The molecule has 100 valence electrons. The zero-order valence-electron chi connectivity index (χ0n) is 11.0. The van der Waals surface area contributed by atoms with Crippen molar-refractivity contribution in [2.75, 3.05) is 6.61 Å². The van der Waals surface area contributed by atoms with E-state index in [0.29, 0.717) is 12.6 Å². The number of rotatable bonds is 6. The maximum atomic E-state index is 5.42. The van der Waals surface area contributed by atoms with Crippen molar-refractivity contribution in [2.45, 2.75) is 32.4 Å². The lowest BCUT2D eigenvalue weighted by atomic mass is 10.3. The quantitative estimate of drug-likeness (QED) is 0.860. The van der Waals surface area contributed by atoms with Gasteiger partial charge in [-0.3, -0.25) is 0 Å². The molecule has 0 unspecified atom stereocenters. The van der Waals surface area contributed by atoms with E-state index >= 15 is 0 Å². The molecule has 5 heteroatoms. The molecule has 1 saturated carbocycles. The van der Waals surface area contributed by atoms with E-state index < -0.39 is 0 Å². The Morgan fingerprint density at radius 3 is 2.79 bits per heavy atom. The summed E-state index contributed by atoms with van der Waals surface area (Å²) >= 11 is 0. The van der Waals surface area contributed by atoms with Gasteiger partial charge in [0.25, 0.3) is 0 Å². The monoisotopic (exact) mass is 258 g/mol. The van der Waals surface area contributed by atoms with Crippen molar-refractivity contribution in [1.29, 1.82) is 0 Å². The maximum absolute atomic E-state index is 5.42. The summed E-state index contributed by atoms with van der Waals surface area (Å²) in [6.07, 6.45) is 4.53. The van der Waals surface area contributed by atoms with Gasteiger partial charge in [0.2, 0.25) is 0 Å². The van der Waals surface area contributed by atoms with Gasteiger partial charge in [-0.25, -0.2) is 4.68 Å². The highest BCUT2D eigenvalue weighted by molar-refractivity contribution is 5.36. The second-order valence-corrected chi connectivity index (χ2v) is 4.74. The third kappa shape index (κ3) is 3.12. The van der Waals surface area contributed by atoms with Gasteiger partial charge in [0.1, 0.15) is 5.75 Å². The van der Waals surface area contributed by atoms with Crippen LogP contribution in [0, 0.1) is 0 Å². The lowest BCUT2D eigenvalue weighted by molar-refractivity contribution is 0.340. The highest BCUT2D eigenvalue weighted by atomic mass is 16.5. The van der Waals surface area contributed by atoms with Crippen LogP contribution in [-0.4, -0.2) is 27.6 Å². The van der Waals surface area contributed by atoms with Gasteiger partial charge < -0.3 is 10.1 Å². The fourth-order valence-electron chi connectivity index (χ4n) is 1.90. The summed E-state index contributed by atoms with van der Waals surface area (Å²) in [6, 6.07) is 8.55. The Balaban J connectivity index is 1.66. The molecule has 1 fully saturated rings. The minimum atomic E-state index is 0.680. The van der Waals surface area contributed by atoms with Gasteiger partial charge in [0, 0.05) is 12.6 Å². The zero-order valence-corrected chi connectivity index (χ0v) is 11.0. The first-order valence-electron chi connectivity index (χ1n) is 6.73. The molecule has 1 aliphatic carbocycles. The molecule has 0 bridgehead atoms. The van der Waals surface area contributed by atoms with E-state index in [2.05, 4.69) is 15.6 Å². The first-order valence-corrected chi connectivity index (χ1v) is 6.73. The summed E-state index contributed by atoms with van der Waals surface area (Å²) in [5.74, 6) is 0.877. The lowest BCUT2D eigenvalue weighted by Crippen LogP contribution is -2.15. The van der Waals surface area contributed by atoms with E-state index in [4.69, 9.17) is 4.74 Å². The largest absolute Gasteiger partial charge is 0.494 e. The Hall–Kier alpha value is -1.88. The van der Waals surface area contributed by atoms with E-state index in [9.17, 15) is 0 Å². The van der Waals surface area contributed by atoms with Crippen LogP contribution in [0.2, 0.25) is 0 Å². The standard InChI is InChI=1S/C14H18N4O/c1-2-19-14-7-5-13(6-8-14)18-10-12(16-17-18)9-15-11-3-4-11/h5-8,10-11,15H,2-4,9H2,1H3. The maximum Gasteiger partial charge on any atom is 0.119 e. The number of nitrogens with zero attached hydrogens (tertiary/aromatic N) is 3. The van der Waals surface area contributed by atoms with Crippen molar-refractivity contribution in [3.63, 3.8) is 0 Å². The van der Waals surface area contributed by atoms with Crippen molar-refractivity contribution in [1.82, 2.24) is 20.3 Å². The number of ether oxygens (including phenoxy) is 1. The Morgan fingerprint density at radius 2 is 2.11 bits per heavy atom. The lowest BCUT2D eigenvalue weighted by Gasteiger charge is -2.04. The highest BCUT2D eigenvalue weighted by Crippen LogP contribution is 2.19. The SMILES string of the molecule is CCOc1ccc(-n2cc(CNC3CC3)nn2)cc1. The van der Waals surface area contributed by atoms with Crippen LogP contribution < -0.4 is 10.1 Å². The average molecular weight is 258 g/mol. The molecule has 1 aromatic carbocycles. The van der Waals surface area contributed by atoms with Crippen LogP contribution in [0.5, 0.6) is 5.75 Å². The molecule has 3 rings (SSSR count). The van der Waals surface area contributed by atoms with Crippen LogP contribution in [0.1, 0.15) is 25.5 Å². The van der Waals surface area contributed by atoms with Crippen molar-refractivity contribution in [2.24, 2.45) is 0 Å². The summed E-state index contributed by atoms with van der Waals surface area (Å²) < 4.78 is 7.21. The van der Waals surface area contributed by atoms with Crippen molar-refractivity contribution >= 4 is 0 Å². The van der Waals surface area contributed by atoms with Crippen molar-refractivity contribution in [3.05, 3.63) is 36.2 Å². The molecule has 19 heavy (non-hydrogen) atoms. The van der Waals surface area contributed by atoms with Crippen molar-refractivity contribution in [3.8, 4) is 11.4 Å². The van der Waals surface area contributed by atoms with Crippen LogP contribution in [0.25, 0.3) is 5.69 Å². The van der Waals surface area contributed by atoms with E-state index in [0.717, 1.165) is 23.7 Å². The van der Waals surface area contributed by atoms with Crippen LogP contribution in [0.4, 0.5) is 0 Å². The number of nitrogens with one attached hydrogen (secondary N) is 1. The highest BCUT2D eigenvalue weighted by Gasteiger charge is 2.20. The van der Waals surface area contributed by atoms with Gasteiger partial charge in [-0.05, 0) is 44.0 Å². The van der Waals surface area contributed by atoms with E-state index in [1.807, 2.05) is 37.4 Å². The molecular weight excluding hydrogens is 240 g/mol. The summed E-state index contributed by atoms with van der Waals surface area (Å²) in [7, 11) is 0.